The average molecular weight is 273 g/mol. The van der Waals surface area contributed by atoms with E-state index in [-0.39, 0.29) is 6.42 Å². The van der Waals surface area contributed by atoms with Crippen molar-refractivity contribution in [1.29, 1.82) is 5.26 Å². The van der Waals surface area contributed by atoms with Gasteiger partial charge in [-0.3, -0.25) is 0 Å². The Bertz CT molecular complexity index is 406. The van der Waals surface area contributed by atoms with Crippen molar-refractivity contribution in [1.82, 2.24) is 0 Å². The van der Waals surface area contributed by atoms with Crippen LogP contribution < -0.4 is 0 Å². The molecule has 1 unspecified atom stereocenters. The van der Waals surface area contributed by atoms with E-state index in [1.807, 2.05) is 36.6 Å². The van der Waals surface area contributed by atoms with Gasteiger partial charge in [0.1, 0.15) is 0 Å². The molecule has 0 radical (unpaired) electrons. The second-order valence-corrected chi connectivity index (χ2v) is 4.91. The fraction of sp³-hybridized carbons (Fsp3) is 0.462. The van der Waals surface area contributed by atoms with Gasteiger partial charge in [0.05, 0.1) is 12.0 Å². The van der Waals surface area contributed by atoms with Crippen molar-refractivity contribution in [2.45, 2.75) is 30.3 Å². The SMILES string of the molecule is CSc1ccc(CC(C#N)CCC(F)(F)F)cc1. The molecule has 0 aliphatic rings. The van der Waals surface area contributed by atoms with Gasteiger partial charge in [0.25, 0.3) is 0 Å². The zero-order valence-corrected chi connectivity index (χ0v) is 10.8. The standard InChI is InChI=1S/C13H14F3NS/c1-18-12-4-2-10(3-5-12)8-11(9-17)6-7-13(14,15)16/h2-5,11H,6-8H2,1H3. The third kappa shape index (κ3) is 5.46. The minimum atomic E-state index is -4.18. The van der Waals surface area contributed by atoms with Crippen LogP contribution in [0.4, 0.5) is 13.2 Å². The van der Waals surface area contributed by atoms with Crippen LogP contribution in [0, 0.1) is 17.2 Å². The smallest absolute Gasteiger partial charge is 0.198 e. The van der Waals surface area contributed by atoms with E-state index in [0.717, 1.165) is 10.5 Å². The molecule has 0 aromatic heterocycles. The lowest BCUT2D eigenvalue weighted by Gasteiger charge is -2.11. The first kappa shape index (κ1) is 14.9. The maximum atomic E-state index is 12.1. The molecule has 0 bridgehead atoms. The van der Waals surface area contributed by atoms with Crippen LogP contribution in [0.1, 0.15) is 18.4 Å². The number of halogens is 3. The summed E-state index contributed by atoms with van der Waals surface area (Å²) in [7, 11) is 0. The van der Waals surface area contributed by atoms with Crippen molar-refractivity contribution >= 4 is 11.8 Å². The number of alkyl halides is 3. The summed E-state index contributed by atoms with van der Waals surface area (Å²) in [4.78, 5) is 1.10. The first-order chi connectivity index (χ1) is 8.44. The molecule has 0 amide bonds. The van der Waals surface area contributed by atoms with E-state index >= 15 is 0 Å². The fourth-order valence-corrected chi connectivity index (χ4v) is 2.00. The van der Waals surface area contributed by atoms with Crippen molar-refractivity contribution in [2.24, 2.45) is 5.92 Å². The van der Waals surface area contributed by atoms with Gasteiger partial charge in [-0.25, -0.2) is 0 Å². The van der Waals surface area contributed by atoms with Gasteiger partial charge >= 0.3 is 6.18 Å². The Labute approximate surface area is 109 Å². The van der Waals surface area contributed by atoms with Crippen molar-refractivity contribution in [3.8, 4) is 6.07 Å². The molecule has 18 heavy (non-hydrogen) atoms. The molecule has 5 heteroatoms. The van der Waals surface area contributed by atoms with Crippen molar-refractivity contribution in [3.05, 3.63) is 29.8 Å². The Morgan fingerprint density at radius 1 is 1.28 bits per heavy atom. The second kappa shape index (κ2) is 6.69. The van der Waals surface area contributed by atoms with Crippen LogP contribution in [0.2, 0.25) is 0 Å². The molecular weight excluding hydrogens is 259 g/mol. The van der Waals surface area contributed by atoms with Crippen LogP contribution in [0.3, 0.4) is 0 Å². The highest BCUT2D eigenvalue weighted by molar-refractivity contribution is 7.98. The van der Waals surface area contributed by atoms with Gasteiger partial charge < -0.3 is 0 Å². The molecule has 0 saturated heterocycles. The number of nitrogens with zero attached hydrogens (tertiary/aromatic N) is 1. The molecule has 0 aliphatic heterocycles. The molecule has 98 valence electrons. The van der Waals surface area contributed by atoms with E-state index in [9.17, 15) is 13.2 Å². The minimum absolute atomic E-state index is 0.135. The van der Waals surface area contributed by atoms with Crippen molar-refractivity contribution in [3.63, 3.8) is 0 Å². The molecule has 0 saturated carbocycles. The normalized spacial score (nSPS) is 13.1. The molecule has 0 heterocycles. The summed E-state index contributed by atoms with van der Waals surface area (Å²) in [6.45, 7) is 0. The first-order valence-corrected chi connectivity index (χ1v) is 6.76. The molecule has 0 fully saturated rings. The first-order valence-electron chi connectivity index (χ1n) is 5.54. The molecule has 1 aromatic carbocycles. The summed E-state index contributed by atoms with van der Waals surface area (Å²) in [5.74, 6) is -0.577. The largest absolute Gasteiger partial charge is 0.389 e. The molecule has 1 rings (SSSR count). The quantitative estimate of drug-likeness (QED) is 0.741. The van der Waals surface area contributed by atoms with E-state index in [0.29, 0.717) is 6.42 Å². The predicted octanol–water partition coefficient (Wildman–Crippen LogP) is 4.43. The zero-order valence-electron chi connectivity index (χ0n) is 10.00. The van der Waals surface area contributed by atoms with Crippen molar-refractivity contribution < 1.29 is 13.2 Å². The molecule has 0 N–H and O–H groups in total. The van der Waals surface area contributed by atoms with E-state index in [4.69, 9.17) is 5.26 Å². The fourth-order valence-electron chi connectivity index (χ4n) is 1.60. The Morgan fingerprint density at radius 2 is 1.89 bits per heavy atom. The van der Waals surface area contributed by atoms with Gasteiger partial charge in [0.15, 0.2) is 0 Å². The van der Waals surface area contributed by atoms with E-state index in [1.54, 1.807) is 11.8 Å². The Morgan fingerprint density at radius 3 is 2.33 bits per heavy atom. The van der Waals surface area contributed by atoms with Gasteiger partial charge in [-0.1, -0.05) is 12.1 Å². The molecule has 0 aliphatic carbocycles. The number of benzene rings is 1. The van der Waals surface area contributed by atoms with Crippen LogP contribution in [0.15, 0.2) is 29.2 Å². The number of rotatable bonds is 5. The van der Waals surface area contributed by atoms with Gasteiger partial charge in [-0.2, -0.15) is 18.4 Å². The van der Waals surface area contributed by atoms with Gasteiger partial charge in [0.2, 0.25) is 0 Å². The Balaban J connectivity index is 2.55. The summed E-state index contributed by atoms with van der Waals surface area (Å²) < 4.78 is 36.2. The molecule has 1 atom stereocenters. The lowest BCUT2D eigenvalue weighted by atomic mass is 9.96. The molecular formula is C13H14F3NS. The van der Waals surface area contributed by atoms with Crippen LogP contribution in [-0.2, 0) is 6.42 Å². The summed E-state index contributed by atoms with van der Waals surface area (Å²) in [5.41, 5.74) is 0.904. The van der Waals surface area contributed by atoms with Gasteiger partial charge in [-0.15, -0.1) is 11.8 Å². The van der Waals surface area contributed by atoms with Crippen LogP contribution in [-0.4, -0.2) is 12.4 Å². The maximum Gasteiger partial charge on any atom is 0.389 e. The molecule has 1 aromatic rings. The van der Waals surface area contributed by atoms with Gasteiger partial charge in [0, 0.05) is 11.3 Å². The third-order valence-corrected chi connectivity index (χ3v) is 3.34. The Hall–Kier alpha value is -1.15. The van der Waals surface area contributed by atoms with Gasteiger partial charge in [-0.05, 0) is 36.8 Å². The zero-order chi connectivity index (χ0) is 13.6. The van der Waals surface area contributed by atoms with Crippen LogP contribution in [0.5, 0.6) is 0 Å². The van der Waals surface area contributed by atoms with E-state index < -0.39 is 18.5 Å². The number of thioether (sulfide) groups is 1. The number of hydrogen-bond acceptors (Lipinski definition) is 2. The molecule has 0 spiro atoms. The minimum Gasteiger partial charge on any atom is -0.198 e. The van der Waals surface area contributed by atoms with Crippen LogP contribution >= 0.6 is 11.8 Å². The maximum absolute atomic E-state index is 12.1. The summed E-state index contributed by atoms with van der Waals surface area (Å²) in [6.07, 6.45) is -2.88. The van der Waals surface area contributed by atoms with E-state index in [2.05, 4.69) is 0 Å². The predicted molar refractivity (Wildman–Crippen MR) is 66.3 cm³/mol. The number of hydrogen-bond donors (Lipinski definition) is 0. The highest BCUT2D eigenvalue weighted by Crippen LogP contribution is 2.25. The van der Waals surface area contributed by atoms with Crippen molar-refractivity contribution in [2.75, 3.05) is 6.26 Å². The third-order valence-electron chi connectivity index (χ3n) is 2.60. The highest BCUT2D eigenvalue weighted by Gasteiger charge is 2.28. The lowest BCUT2D eigenvalue weighted by Crippen LogP contribution is -2.11. The lowest BCUT2D eigenvalue weighted by molar-refractivity contribution is -0.136. The molecule has 1 nitrogen and oxygen atoms in total. The summed E-state index contributed by atoms with van der Waals surface area (Å²) in [6, 6.07) is 9.51. The topological polar surface area (TPSA) is 23.8 Å². The average Bonchev–Trinajstić information content (AvgIpc) is 2.34. The summed E-state index contributed by atoms with van der Waals surface area (Å²) in [5, 5.41) is 8.86. The van der Waals surface area contributed by atoms with E-state index in [1.165, 1.54) is 0 Å². The highest BCUT2D eigenvalue weighted by atomic mass is 32.2. The number of nitriles is 1. The van der Waals surface area contributed by atoms with Crippen LogP contribution in [0.25, 0.3) is 0 Å². The summed E-state index contributed by atoms with van der Waals surface area (Å²) >= 11 is 1.60. The monoisotopic (exact) mass is 273 g/mol. The second-order valence-electron chi connectivity index (χ2n) is 4.03. The Kier molecular flexibility index (Phi) is 5.54.